The number of nitrogens with one attached hydrogen (secondary N) is 1. The molecule has 0 radical (unpaired) electrons. The van der Waals surface area contributed by atoms with Crippen molar-refractivity contribution < 1.29 is 8.42 Å². The van der Waals surface area contributed by atoms with Gasteiger partial charge in [0.05, 0.1) is 0 Å². The number of hydrogen-bond acceptors (Lipinski definition) is 3. The minimum atomic E-state index is -3.53. The molecule has 2 aromatic rings. The number of benzene rings is 1. The maximum atomic E-state index is 12.4. The maximum absolute atomic E-state index is 12.4. The van der Waals surface area contributed by atoms with Crippen molar-refractivity contribution in [1.82, 2.24) is 9.71 Å². The van der Waals surface area contributed by atoms with Crippen LogP contribution < -0.4 is 4.72 Å². The van der Waals surface area contributed by atoms with Crippen LogP contribution in [-0.2, 0) is 16.4 Å². The molecular weight excluding hydrogens is 284 g/mol. The van der Waals surface area contributed by atoms with Crippen molar-refractivity contribution in [2.24, 2.45) is 0 Å². The smallest absolute Gasteiger partial charge is 0.242 e. The van der Waals surface area contributed by atoms with Crippen LogP contribution >= 0.6 is 0 Å². The Kier molecular flexibility index (Phi) is 3.78. The highest BCUT2D eigenvalue weighted by atomic mass is 32.2. The molecule has 3 rings (SSSR count). The third kappa shape index (κ3) is 2.84. The number of sulfonamides is 1. The van der Waals surface area contributed by atoms with Crippen LogP contribution in [0, 0.1) is 6.92 Å². The SMILES string of the molecule is Cc1cccc2c1CCCC2NS(=O)(=O)c1cccnc1. The molecule has 4 nitrogen and oxygen atoms in total. The number of aryl methyl sites for hydroxylation is 1. The van der Waals surface area contributed by atoms with E-state index in [2.05, 4.69) is 22.7 Å². The Bertz CT molecular complexity index is 742. The van der Waals surface area contributed by atoms with Crippen molar-refractivity contribution in [2.75, 3.05) is 0 Å². The van der Waals surface area contributed by atoms with E-state index in [9.17, 15) is 8.42 Å². The zero-order valence-corrected chi connectivity index (χ0v) is 12.7. The molecule has 0 bridgehead atoms. The minimum absolute atomic E-state index is 0.154. The molecule has 1 heterocycles. The molecule has 110 valence electrons. The summed E-state index contributed by atoms with van der Waals surface area (Å²) in [6.07, 6.45) is 5.79. The van der Waals surface area contributed by atoms with Crippen molar-refractivity contribution in [3.63, 3.8) is 0 Å². The van der Waals surface area contributed by atoms with Gasteiger partial charge in [0.25, 0.3) is 0 Å². The Hall–Kier alpha value is -1.72. The zero-order chi connectivity index (χ0) is 14.9. The standard InChI is InChI=1S/C16H18N2O2S/c1-12-5-2-8-15-14(12)7-3-9-16(15)18-21(19,20)13-6-4-10-17-11-13/h2,4-6,8,10-11,16,18H,3,7,9H2,1H3. The molecule has 1 aromatic heterocycles. The van der Waals surface area contributed by atoms with E-state index in [1.54, 1.807) is 18.3 Å². The second kappa shape index (κ2) is 5.58. The molecule has 1 unspecified atom stereocenters. The van der Waals surface area contributed by atoms with Gasteiger partial charge in [0.1, 0.15) is 4.90 Å². The molecule has 1 aliphatic carbocycles. The van der Waals surface area contributed by atoms with Crippen LogP contribution in [0.3, 0.4) is 0 Å². The van der Waals surface area contributed by atoms with Crippen LogP contribution in [0.1, 0.15) is 35.6 Å². The van der Waals surface area contributed by atoms with Gasteiger partial charge in [-0.3, -0.25) is 4.98 Å². The third-order valence-corrected chi connectivity index (χ3v) is 5.44. The topological polar surface area (TPSA) is 59.1 Å². The first-order valence-electron chi connectivity index (χ1n) is 7.09. The number of aromatic nitrogens is 1. The molecule has 1 N–H and O–H groups in total. The maximum Gasteiger partial charge on any atom is 0.242 e. The molecule has 21 heavy (non-hydrogen) atoms. The van der Waals surface area contributed by atoms with Crippen molar-refractivity contribution in [3.05, 3.63) is 59.4 Å². The summed E-state index contributed by atoms with van der Waals surface area (Å²) in [6, 6.07) is 9.14. The molecule has 0 fully saturated rings. The predicted octanol–water partition coefficient (Wildman–Crippen LogP) is 2.75. The lowest BCUT2D eigenvalue weighted by Crippen LogP contribution is -2.31. The van der Waals surface area contributed by atoms with Crippen LogP contribution in [0.25, 0.3) is 0 Å². The van der Waals surface area contributed by atoms with E-state index in [4.69, 9.17) is 0 Å². The van der Waals surface area contributed by atoms with E-state index < -0.39 is 10.0 Å². The average molecular weight is 302 g/mol. The monoisotopic (exact) mass is 302 g/mol. The normalized spacial score (nSPS) is 18.2. The van der Waals surface area contributed by atoms with Crippen LogP contribution in [0.5, 0.6) is 0 Å². The number of fused-ring (bicyclic) bond motifs is 1. The summed E-state index contributed by atoms with van der Waals surface area (Å²) < 4.78 is 27.7. The van der Waals surface area contributed by atoms with Crippen molar-refractivity contribution in [3.8, 4) is 0 Å². The van der Waals surface area contributed by atoms with Gasteiger partial charge >= 0.3 is 0 Å². The molecule has 0 aliphatic heterocycles. The van der Waals surface area contributed by atoms with Gasteiger partial charge in [-0.15, -0.1) is 0 Å². The molecule has 5 heteroatoms. The highest BCUT2D eigenvalue weighted by Gasteiger charge is 2.26. The predicted molar refractivity (Wildman–Crippen MR) is 81.4 cm³/mol. The lowest BCUT2D eigenvalue weighted by atomic mass is 9.86. The number of nitrogens with zero attached hydrogens (tertiary/aromatic N) is 1. The quantitative estimate of drug-likeness (QED) is 0.948. The summed E-state index contributed by atoms with van der Waals surface area (Å²) >= 11 is 0. The van der Waals surface area contributed by atoms with E-state index >= 15 is 0 Å². The van der Waals surface area contributed by atoms with Crippen LogP contribution in [0.2, 0.25) is 0 Å². The van der Waals surface area contributed by atoms with Crippen molar-refractivity contribution in [1.29, 1.82) is 0 Å². The Morgan fingerprint density at radius 2 is 2.10 bits per heavy atom. The summed E-state index contributed by atoms with van der Waals surface area (Å²) in [5.74, 6) is 0. The Labute approximate surface area is 125 Å². The van der Waals surface area contributed by atoms with Crippen molar-refractivity contribution in [2.45, 2.75) is 37.1 Å². The number of pyridine rings is 1. The van der Waals surface area contributed by atoms with Gasteiger partial charge in [-0.25, -0.2) is 13.1 Å². The fourth-order valence-corrected chi connectivity index (χ4v) is 4.13. The zero-order valence-electron chi connectivity index (χ0n) is 11.9. The highest BCUT2D eigenvalue weighted by Crippen LogP contribution is 2.32. The molecule has 0 spiro atoms. The van der Waals surface area contributed by atoms with E-state index in [0.29, 0.717) is 0 Å². The third-order valence-electron chi connectivity index (χ3n) is 3.98. The Morgan fingerprint density at radius 3 is 2.86 bits per heavy atom. The summed E-state index contributed by atoms with van der Waals surface area (Å²) in [4.78, 5) is 4.10. The van der Waals surface area contributed by atoms with Crippen LogP contribution in [0.15, 0.2) is 47.6 Å². The molecule has 0 saturated carbocycles. The Balaban J connectivity index is 1.93. The number of hydrogen-bond donors (Lipinski definition) is 1. The van der Waals surface area contributed by atoms with E-state index in [-0.39, 0.29) is 10.9 Å². The van der Waals surface area contributed by atoms with Gasteiger partial charge in [-0.2, -0.15) is 0 Å². The van der Waals surface area contributed by atoms with Crippen molar-refractivity contribution >= 4 is 10.0 Å². The van der Waals surface area contributed by atoms with Gasteiger partial charge in [-0.05, 0) is 55.0 Å². The van der Waals surface area contributed by atoms with Gasteiger partial charge in [0, 0.05) is 18.4 Å². The molecule has 1 aliphatic rings. The summed E-state index contributed by atoms with van der Waals surface area (Å²) in [5, 5.41) is 0. The van der Waals surface area contributed by atoms with E-state index in [1.165, 1.54) is 17.3 Å². The largest absolute Gasteiger partial charge is 0.263 e. The summed E-state index contributed by atoms with van der Waals surface area (Å²) in [5.41, 5.74) is 3.62. The summed E-state index contributed by atoms with van der Waals surface area (Å²) in [6.45, 7) is 2.08. The fraction of sp³-hybridized carbons (Fsp3) is 0.312. The van der Waals surface area contributed by atoms with Gasteiger partial charge in [0.2, 0.25) is 10.0 Å². The van der Waals surface area contributed by atoms with Gasteiger partial charge in [-0.1, -0.05) is 18.2 Å². The number of rotatable bonds is 3. The first kappa shape index (κ1) is 14.2. The molecule has 1 atom stereocenters. The van der Waals surface area contributed by atoms with E-state index in [1.807, 2.05) is 12.1 Å². The molecule has 0 saturated heterocycles. The highest BCUT2D eigenvalue weighted by molar-refractivity contribution is 7.89. The van der Waals surface area contributed by atoms with E-state index in [0.717, 1.165) is 24.8 Å². The second-order valence-corrected chi connectivity index (χ2v) is 7.11. The second-order valence-electron chi connectivity index (χ2n) is 5.40. The van der Waals surface area contributed by atoms with Gasteiger partial charge in [0.15, 0.2) is 0 Å². The fourth-order valence-electron chi connectivity index (χ4n) is 2.92. The van der Waals surface area contributed by atoms with Gasteiger partial charge < -0.3 is 0 Å². The molecular formula is C16H18N2O2S. The average Bonchev–Trinajstić information content (AvgIpc) is 2.49. The minimum Gasteiger partial charge on any atom is -0.263 e. The lowest BCUT2D eigenvalue weighted by Gasteiger charge is -2.27. The van der Waals surface area contributed by atoms with Crippen LogP contribution in [-0.4, -0.2) is 13.4 Å². The molecule has 0 amide bonds. The Morgan fingerprint density at radius 1 is 1.24 bits per heavy atom. The molecule has 1 aromatic carbocycles. The lowest BCUT2D eigenvalue weighted by molar-refractivity contribution is 0.506. The van der Waals surface area contributed by atoms with Crippen LogP contribution in [0.4, 0.5) is 0 Å². The summed E-state index contributed by atoms with van der Waals surface area (Å²) in [7, 11) is -3.53. The first-order valence-corrected chi connectivity index (χ1v) is 8.57. The first-order chi connectivity index (χ1) is 10.1.